The van der Waals surface area contributed by atoms with E-state index in [1.807, 2.05) is 30.3 Å². The predicted molar refractivity (Wildman–Crippen MR) is 75.7 cm³/mol. The molecular formula is C16H23NO2. The van der Waals surface area contributed by atoms with Crippen molar-refractivity contribution in [3.63, 3.8) is 0 Å². The maximum Gasteiger partial charge on any atom is 0.246 e. The lowest BCUT2D eigenvalue weighted by atomic mass is 9.92. The van der Waals surface area contributed by atoms with Gasteiger partial charge in [-0.2, -0.15) is 0 Å². The molecule has 0 aromatic heterocycles. The van der Waals surface area contributed by atoms with Crippen molar-refractivity contribution < 1.29 is 9.53 Å². The number of ether oxygens (including phenoxy) is 1. The first-order valence-electron chi connectivity index (χ1n) is 6.96. The van der Waals surface area contributed by atoms with Crippen LogP contribution in [0.4, 0.5) is 0 Å². The molecule has 1 aromatic carbocycles. The van der Waals surface area contributed by atoms with E-state index in [2.05, 4.69) is 19.2 Å². The molecule has 1 fully saturated rings. The van der Waals surface area contributed by atoms with E-state index in [9.17, 15) is 4.79 Å². The summed E-state index contributed by atoms with van der Waals surface area (Å²) in [4.78, 5) is 11.8. The van der Waals surface area contributed by atoms with Gasteiger partial charge >= 0.3 is 0 Å². The van der Waals surface area contributed by atoms with Crippen molar-refractivity contribution in [1.29, 1.82) is 0 Å². The van der Waals surface area contributed by atoms with Crippen LogP contribution in [-0.4, -0.2) is 18.6 Å². The molecule has 0 bridgehead atoms. The Morgan fingerprint density at radius 2 is 2.11 bits per heavy atom. The van der Waals surface area contributed by atoms with Crippen LogP contribution in [0, 0.1) is 5.41 Å². The molecule has 3 heteroatoms. The molecule has 1 unspecified atom stereocenters. The minimum absolute atomic E-state index is 0.00127. The second kappa shape index (κ2) is 6.20. The normalized spacial score (nSPS) is 21.3. The van der Waals surface area contributed by atoms with Gasteiger partial charge in [-0.05, 0) is 30.2 Å². The summed E-state index contributed by atoms with van der Waals surface area (Å²) < 4.78 is 5.43. The third kappa shape index (κ3) is 4.67. The van der Waals surface area contributed by atoms with E-state index in [1.54, 1.807) is 0 Å². The second-order valence-corrected chi connectivity index (χ2v) is 6.15. The summed E-state index contributed by atoms with van der Waals surface area (Å²) in [7, 11) is 0. The van der Waals surface area contributed by atoms with Crippen LogP contribution in [-0.2, 0) is 16.1 Å². The van der Waals surface area contributed by atoms with Gasteiger partial charge in [0, 0.05) is 6.04 Å². The summed E-state index contributed by atoms with van der Waals surface area (Å²) in [6, 6.07) is 10.2. The Balaban J connectivity index is 1.65. The number of amides is 1. The van der Waals surface area contributed by atoms with E-state index in [1.165, 1.54) is 6.42 Å². The molecule has 3 nitrogen and oxygen atoms in total. The quantitative estimate of drug-likeness (QED) is 0.885. The largest absolute Gasteiger partial charge is 0.367 e. The van der Waals surface area contributed by atoms with Gasteiger partial charge < -0.3 is 10.1 Å². The number of carbonyl (C=O) groups excluding carboxylic acids is 1. The molecule has 1 aliphatic rings. The van der Waals surface area contributed by atoms with Gasteiger partial charge in [0.1, 0.15) is 6.61 Å². The van der Waals surface area contributed by atoms with Gasteiger partial charge in [-0.25, -0.2) is 0 Å². The first kappa shape index (κ1) is 14.1. The monoisotopic (exact) mass is 261 g/mol. The van der Waals surface area contributed by atoms with Gasteiger partial charge in [-0.15, -0.1) is 0 Å². The number of hydrogen-bond acceptors (Lipinski definition) is 2. The van der Waals surface area contributed by atoms with Crippen molar-refractivity contribution in [2.24, 2.45) is 5.41 Å². The third-order valence-electron chi connectivity index (χ3n) is 3.68. The van der Waals surface area contributed by atoms with E-state index in [0.29, 0.717) is 18.1 Å². The molecule has 2 rings (SSSR count). The van der Waals surface area contributed by atoms with E-state index < -0.39 is 0 Å². The summed E-state index contributed by atoms with van der Waals surface area (Å²) >= 11 is 0. The zero-order valence-electron chi connectivity index (χ0n) is 11.8. The van der Waals surface area contributed by atoms with E-state index in [-0.39, 0.29) is 12.5 Å². The maximum atomic E-state index is 11.8. The lowest BCUT2D eigenvalue weighted by Crippen LogP contribution is -2.36. The molecule has 0 heterocycles. The first-order chi connectivity index (χ1) is 9.05. The molecule has 1 atom stereocenters. The lowest BCUT2D eigenvalue weighted by Gasteiger charge is -2.17. The SMILES string of the molecule is CC1(C)CCC(NC(=O)COCc2ccccc2)C1. The molecule has 0 aliphatic heterocycles. The molecule has 1 saturated carbocycles. The van der Waals surface area contributed by atoms with Crippen LogP contribution in [0.2, 0.25) is 0 Å². The zero-order valence-corrected chi connectivity index (χ0v) is 11.8. The van der Waals surface area contributed by atoms with Crippen LogP contribution >= 0.6 is 0 Å². The highest BCUT2D eigenvalue weighted by atomic mass is 16.5. The molecule has 1 aliphatic carbocycles. The Labute approximate surface area is 115 Å². The Kier molecular flexibility index (Phi) is 4.59. The van der Waals surface area contributed by atoms with E-state index in [0.717, 1.165) is 18.4 Å². The number of rotatable bonds is 5. The van der Waals surface area contributed by atoms with Crippen LogP contribution in [0.5, 0.6) is 0 Å². The van der Waals surface area contributed by atoms with Gasteiger partial charge in [0.2, 0.25) is 5.91 Å². The zero-order chi connectivity index (χ0) is 13.7. The third-order valence-corrected chi connectivity index (χ3v) is 3.68. The molecule has 1 amide bonds. The van der Waals surface area contributed by atoms with Crippen molar-refractivity contribution in [2.75, 3.05) is 6.61 Å². The number of hydrogen-bond donors (Lipinski definition) is 1. The Morgan fingerprint density at radius 1 is 1.37 bits per heavy atom. The van der Waals surface area contributed by atoms with Crippen molar-refractivity contribution in [2.45, 2.75) is 45.8 Å². The van der Waals surface area contributed by atoms with Crippen LogP contribution in [0.3, 0.4) is 0 Å². The molecule has 1 aromatic rings. The van der Waals surface area contributed by atoms with Crippen LogP contribution < -0.4 is 5.32 Å². The van der Waals surface area contributed by atoms with Crippen molar-refractivity contribution >= 4 is 5.91 Å². The molecular weight excluding hydrogens is 238 g/mol. The Bertz CT molecular complexity index is 414. The second-order valence-electron chi connectivity index (χ2n) is 6.15. The summed E-state index contributed by atoms with van der Waals surface area (Å²) in [6.07, 6.45) is 3.33. The highest BCUT2D eigenvalue weighted by Crippen LogP contribution is 2.36. The van der Waals surface area contributed by atoms with Crippen LogP contribution in [0.25, 0.3) is 0 Å². The summed E-state index contributed by atoms with van der Waals surface area (Å²) in [5.41, 5.74) is 1.46. The molecule has 0 radical (unpaired) electrons. The molecule has 1 N–H and O–H groups in total. The standard InChI is InChI=1S/C16H23NO2/c1-16(2)9-8-14(10-16)17-15(18)12-19-11-13-6-4-3-5-7-13/h3-7,14H,8-12H2,1-2H3,(H,17,18). The van der Waals surface area contributed by atoms with Crippen molar-refractivity contribution in [3.8, 4) is 0 Å². The number of carbonyl (C=O) groups is 1. The number of benzene rings is 1. The van der Waals surface area contributed by atoms with Gasteiger partial charge in [0.15, 0.2) is 0 Å². The summed E-state index contributed by atoms with van der Waals surface area (Å²) in [6.45, 7) is 5.15. The average molecular weight is 261 g/mol. The molecule has 19 heavy (non-hydrogen) atoms. The highest BCUT2D eigenvalue weighted by Gasteiger charge is 2.31. The van der Waals surface area contributed by atoms with Crippen LogP contribution in [0.1, 0.15) is 38.7 Å². The maximum absolute atomic E-state index is 11.8. The minimum Gasteiger partial charge on any atom is -0.367 e. The fraction of sp³-hybridized carbons (Fsp3) is 0.562. The van der Waals surface area contributed by atoms with Crippen LogP contribution in [0.15, 0.2) is 30.3 Å². The lowest BCUT2D eigenvalue weighted by molar-refractivity contribution is -0.126. The first-order valence-corrected chi connectivity index (χ1v) is 6.96. The van der Waals surface area contributed by atoms with Crippen molar-refractivity contribution in [1.82, 2.24) is 5.32 Å². The smallest absolute Gasteiger partial charge is 0.246 e. The molecule has 104 valence electrons. The average Bonchev–Trinajstić information content (AvgIpc) is 2.70. The van der Waals surface area contributed by atoms with Gasteiger partial charge in [-0.3, -0.25) is 4.79 Å². The van der Waals surface area contributed by atoms with E-state index >= 15 is 0 Å². The van der Waals surface area contributed by atoms with Gasteiger partial charge in [0.05, 0.1) is 6.61 Å². The highest BCUT2D eigenvalue weighted by molar-refractivity contribution is 5.77. The van der Waals surface area contributed by atoms with Crippen molar-refractivity contribution in [3.05, 3.63) is 35.9 Å². The minimum atomic E-state index is -0.00127. The van der Waals surface area contributed by atoms with E-state index in [4.69, 9.17) is 4.74 Å². The Morgan fingerprint density at radius 3 is 2.74 bits per heavy atom. The fourth-order valence-corrected chi connectivity index (χ4v) is 2.66. The molecule has 0 saturated heterocycles. The topological polar surface area (TPSA) is 38.3 Å². The summed E-state index contributed by atoms with van der Waals surface area (Å²) in [5, 5.41) is 3.06. The predicted octanol–water partition coefficient (Wildman–Crippen LogP) is 2.90. The molecule has 0 spiro atoms. The summed E-state index contributed by atoms with van der Waals surface area (Å²) in [5.74, 6) is -0.00127. The Hall–Kier alpha value is -1.35. The van der Waals surface area contributed by atoms with Gasteiger partial charge in [0.25, 0.3) is 0 Å². The number of nitrogens with one attached hydrogen (secondary N) is 1. The fourth-order valence-electron chi connectivity index (χ4n) is 2.66. The van der Waals surface area contributed by atoms with Gasteiger partial charge in [-0.1, -0.05) is 44.2 Å².